The van der Waals surface area contributed by atoms with Crippen LogP contribution in [0.4, 0.5) is 0 Å². The van der Waals surface area contributed by atoms with Crippen molar-refractivity contribution in [2.75, 3.05) is 26.2 Å². The Morgan fingerprint density at radius 3 is 2.40 bits per heavy atom. The number of nitrogens with two attached hydrogens (primary N) is 2. The van der Waals surface area contributed by atoms with E-state index in [2.05, 4.69) is 5.32 Å². The monoisotopic (exact) mass is 429 g/mol. The summed E-state index contributed by atoms with van der Waals surface area (Å²) in [5, 5.41) is 21.1. The van der Waals surface area contributed by atoms with Gasteiger partial charge in [-0.15, -0.1) is 0 Å². The molecule has 0 radical (unpaired) electrons. The number of nitrogens with zero attached hydrogens (tertiary/aromatic N) is 2. The van der Waals surface area contributed by atoms with Crippen LogP contribution in [0.5, 0.6) is 0 Å². The summed E-state index contributed by atoms with van der Waals surface area (Å²) < 4.78 is 0. The van der Waals surface area contributed by atoms with Gasteiger partial charge in [0.05, 0.1) is 25.7 Å². The van der Waals surface area contributed by atoms with Crippen LogP contribution in [0.25, 0.3) is 0 Å². The third-order valence-corrected chi connectivity index (χ3v) is 5.28. The van der Waals surface area contributed by atoms with Crippen molar-refractivity contribution in [1.29, 1.82) is 0 Å². The van der Waals surface area contributed by atoms with Crippen LogP contribution in [0.3, 0.4) is 0 Å². The molecule has 1 aliphatic rings. The Labute approximate surface area is 174 Å². The molecule has 0 aliphatic carbocycles. The molecule has 30 heavy (non-hydrogen) atoms. The van der Waals surface area contributed by atoms with E-state index < -0.39 is 60.9 Å². The fraction of sp³-hybridized carbons (Fsp3) is 0.722. The summed E-state index contributed by atoms with van der Waals surface area (Å²) in [4.78, 5) is 62.9. The van der Waals surface area contributed by atoms with E-state index in [4.69, 9.17) is 11.5 Å². The number of aliphatic hydroxyl groups excluding tert-OH is 1. The number of carboxylic acids is 1. The van der Waals surface area contributed by atoms with Gasteiger partial charge in [-0.3, -0.25) is 24.1 Å². The topological polar surface area (TPSA) is 196 Å². The maximum Gasteiger partial charge on any atom is 0.329 e. The van der Waals surface area contributed by atoms with Crippen LogP contribution >= 0.6 is 0 Å². The normalized spacial score (nSPS) is 19.0. The van der Waals surface area contributed by atoms with Gasteiger partial charge in [0.15, 0.2) is 6.04 Å². The highest BCUT2D eigenvalue weighted by Gasteiger charge is 2.42. The summed E-state index contributed by atoms with van der Waals surface area (Å²) in [5.41, 5.74) is 11.2. The molecule has 0 aromatic heterocycles. The molecule has 4 atom stereocenters. The molecule has 1 aliphatic heterocycles. The van der Waals surface area contributed by atoms with Crippen molar-refractivity contribution in [2.45, 2.75) is 51.2 Å². The van der Waals surface area contributed by atoms with Crippen LogP contribution in [0.2, 0.25) is 0 Å². The lowest BCUT2D eigenvalue weighted by Crippen LogP contribution is -2.59. The Bertz CT molecular complexity index is 671. The molecule has 7 N–H and O–H groups in total. The number of amides is 4. The average molecular weight is 429 g/mol. The SMILES string of the molecule is CCC(C)C(N)C(=O)NCC(=O)N(C(=O)C1CCCN1C(=O)CN)C(CO)C(=O)O. The van der Waals surface area contributed by atoms with Crippen LogP contribution in [0.15, 0.2) is 0 Å². The summed E-state index contributed by atoms with van der Waals surface area (Å²) >= 11 is 0. The molecule has 12 nitrogen and oxygen atoms in total. The number of rotatable bonds is 10. The molecule has 0 spiro atoms. The third-order valence-electron chi connectivity index (χ3n) is 5.28. The van der Waals surface area contributed by atoms with Crippen molar-refractivity contribution in [3.8, 4) is 0 Å². The van der Waals surface area contributed by atoms with Gasteiger partial charge in [0.1, 0.15) is 6.04 Å². The molecule has 1 heterocycles. The lowest BCUT2D eigenvalue weighted by molar-refractivity contribution is -0.162. The molecule has 0 aromatic rings. The van der Waals surface area contributed by atoms with Crippen LogP contribution < -0.4 is 16.8 Å². The van der Waals surface area contributed by atoms with Gasteiger partial charge in [-0.05, 0) is 18.8 Å². The zero-order chi connectivity index (χ0) is 23.0. The summed E-state index contributed by atoms with van der Waals surface area (Å²) in [7, 11) is 0. The molecule has 4 amide bonds. The second kappa shape index (κ2) is 11.6. The number of imide groups is 1. The van der Waals surface area contributed by atoms with Crippen molar-refractivity contribution in [3.63, 3.8) is 0 Å². The number of nitrogens with one attached hydrogen (secondary N) is 1. The van der Waals surface area contributed by atoms with E-state index in [0.29, 0.717) is 17.7 Å². The summed E-state index contributed by atoms with van der Waals surface area (Å²) in [5.74, 6) is -4.86. The predicted octanol–water partition coefficient (Wildman–Crippen LogP) is -2.77. The van der Waals surface area contributed by atoms with Gasteiger partial charge in [-0.1, -0.05) is 20.3 Å². The number of aliphatic hydroxyl groups is 1. The van der Waals surface area contributed by atoms with Gasteiger partial charge >= 0.3 is 5.97 Å². The quantitative estimate of drug-likeness (QED) is 0.244. The fourth-order valence-electron chi connectivity index (χ4n) is 3.20. The number of hydrogen-bond acceptors (Lipinski definition) is 8. The minimum absolute atomic E-state index is 0.156. The van der Waals surface area contributed by atoms with Crippen molar-refractivity contribution in [3.05, 3.63) is 0 Å². The van der Waals surface area contributed by atoms with E-state index in [0.717, 1.165) is 0 Å². The zero-order valence-corrected chi connectivity index (χ0v) is 17.2. The largest absolute Gasteiger partial charge is 0.480 e. The number of hydrogen-bond donors (Lipinski definition) is 5. The minimum Gasteiger partial charge on any atom is -0.480 e. The highest BCUT2D eigenvalue weighted by molar-refractivity contribution is 6.04. The summed E-state index contributed by atoms with van der Waals surface area (Å²) in [6.45, 7) is 1.80. The first-order valence-electron chi connectivity index (χ1n) is 9.82. The van der Waals surface area contributed by atoms with Gasteiger partial charge < -0.3 is 31.9 Å². The van der Waals surface area contributed by atoms with Crippen molar-refractivity contribution in [1.82, 2.24) is 15.1 Å². The molecule has 0 bridgehead atoms. The molecule has 0 aromatic carbocycles. The lowest BCUT2D eigenvalue weighted by atomic mass is 9.99. The highest BCUT2D eigenvalue weighted by Crippen LogP contribution is 2.21. The van der Waals surface area contributed by atoms with Gasteiger partial charge in [0.2, 0.25) is 17.7 Å². The van der Waals surface area contributed by atoms with Crippen LogP contribution in [-0.4, -0.2) is 94.0 Å². The van der Waals surface area contributed by atoms with E-state index >= 15 is 0 Å². The van der Waals surface area contributed by atoms with Crippen molar-refractivity contribution in [2.24, 2.45) is 17.4 Å². The maximum atomic E-state index is 13.0. The fourth-order valence-corrected chi connectivity index (χ4v) is 3.20. The summed E-state index contributed by atoms with van der Waals surface area (Å²) in [6, 6.07) is -3.82. The number of carbonyl (C=O) groups is 5. The Hall–Kier alpha value is -2.57. The molecule has 4 unspecified atom stereocenters. The lowest BCUT2D eigenvalue weighted by Gasteiger charge is -2.32. The first-order chi connectivity index (χ1) is 14.1. The molecule has 170 valence electrons. The Kier molecular flexibility index (Phi) is 9.82. The molecule has 1 fully saturated rings. The van der Waals surface area contributed by atoms with E-state index in [1.54, 1.807) is 6.92 Å². The second-order valence-electron chi connectivity index (χ2n) is 7.22. The summed E-state index contributed by atoms with van der Waals surface area (Å²) in [6.07, 6.45) is 1.32. The molecule has 1 saturated heterocycles. The standard InChI is InChI=1S/C18H31N5O7/c1-3-10(2)15(20)16(27)21-8-14(26)23(12(9-24)18(29)30)17(28)11-5-4-6-22(11)13(25)7-19/h10-12,15,24H,3-9,19-20H2,1-2H3,(H,21,27)(H,29,30). The van der Waals surface area contributed by atoms with E-state index in [1.165, 1.54) is 4.90 Å². The number of carboxylic acid groups (broad SMARTS) is 1. The second-order valence-corrected chi connectivity index (χ2v) is 7.22. The highest BCUT2D eigenvalue weighted by atomic mass is 16.4. The van der Waals surface area contributed by atoms with E-state index in [-0.39, 0.29) is 25.4 Å². The molecule has 12 heteroatoms. The van der Waals surface area contributed by atoms with Crippen LogP contribution in [0.1, 0.15) is 33.1 Å². The van der Waals surface area contributed by atoms with Gasteiger partial charge in [0, 0.05) is 6.54 Å². The van der Waals surface area contributed by atoms with Crippen molar-refractivity contribution >= 4 is 29.6 Å². The Balaban J connectivity index is 3.04. The minimum atomic E-state index is -1.86. The first-order valence-corrected chi connectivity index (χ1v) is 9.82. The van der Waals surface area contributed by atoms with Crippen LogP contribution in [-0.2, 0) is 24.0 Å². The van der Waals surface area contributed by atoms with Gasteiger partial charge in [-0.25, -0.2) is 4.79 Å². The number of carbonyl (C=O) groups excluding carboxylic acids is 4. The predicted molar refractivity (Wildman–Crippen MR) is 105 cm³/mol. The molecular weight excluding hydrogens is 398 g/mol. The van der Waals surface area contributed by atoms with Gasteiger partial charge in [0.25, 0.3) is 5.91 Å². The third kappa shape index (κ3) is 5.97. The molecule has 0 saturated carbocycles. The number of aliphatic carboxylic acids is 1. The first kappa shape index (κ1) is 25.5. The van der Waals surface area contributed by atoms with Crippen molar-refractivity contribution < 1.29 is 34.2 Å². The Morgan fingerprint density at radius 1 is 1.27 bits per heavy atom. The number of likely N-dealkylation sites (tertiary alicyclic amines) is 1. The van der Waals surface area contributed by atoms with Gasteiger partial charge in [-0.2, -0.15) is 0 Å². The van der Waals surface area contributed by atoms with Crippen LogP contribution in [0, 0.1) is 5.92 Å². The zero-order valence-electron chi connectivity index (χ0n) is 17.2. The maximum absolute atomic E-state index is 13.0. The molecular formula is C18H31N5O7. The Morgan fingerprint density at radius 2 is 1.90 bits per heavy atom. The van der Waals surface area contributed by atoms with E-state index in [9.17, 15) is 34.2 Å². The molecule has 1 rings (SSSR count). The smallest absolute Gasteiger partial charge is 0.329 e. The van der Waals surface area contributed by atoms with E-state index in [1.807, 2.05) is 6.92 Å². The average Bonchev–Trinajstić information content (AvgIpc) is 3.22.